The van der Waals surface area contributed by atoms with E-state index in [4.69, 9.17) is 4.74 Å². The predicted octanol–water partition coefficient (Wildman–Crippen LogP) is 1.88. The van der Waals surface area contributed by atoms with E-state index in [9.17, 15) is 0 Å². The van der Waals surface area contributed by atoms with E-state index < -0.39 is 0 Å². The Balaban J connectivity index is 1.53. The van der Waals surface area contributed by atoms with Crippen LogP contribution in [0, 0.1) is 6.92 Å². The molecule has 4 rings (SSSR count). The summed E-state index contributed by atoms with van der Waals surface area (Å²) in [5.41, 5.74) is 2.04. The van der Waals surface area contributed by atoms with Crippen molar-refractivity contribution in [2.75, 3.05) is 18.0 Å². The number of aromatic nitrogens is 5. The van der Waals surface area contributed by atoms with Crippen LogP contribution in [0.1, 0.15) is 18.4 Å². The molecule has 118 valence electrons. The van der Waals surface area contributed by atoms with E-state index in [-0.39, 0.29) is 6.10 Å². The van der Waals surface area contributed by atoms with Gasteiger partial charge in [0, 0.05) is 31.3 Å². The maximum atomic E-state index is 5.94. The number of piperidine rings is 1. The van der Waals surface area contributed by atoms with Gasteiger partial charge in [-0.2, -0.15) is 5.10 Å². The maximum Gasteiger partial charge on any atom is 0.316 e. The SMILES string of the molecule is Cc1cnc(OC2CCCN(c3nccn4nccc34)C2)nc1. The minimum Gasteiger partial charge on any atom is -0.458 e. The summed E-state index contributed by atoms with van der Waals surface area (Å²) in [6.07, 6.45) is 11.1. The van der Waals surface area contributed by atoms with Crippen molar-refractivity contribution in [2.45, 2.75) is 25.9 Å². The highest BCUT2D eigenvalue weighted by Gasteiger charge is 2.24. The summed E-state index contributed by atoms with van der Waals surface area (Å²) in [7, 11) is 0. The maximum absolute atomic E-state index is 5.94. The van der Waals surface area contributed by atoms with Crippen molar-refractivity contribution in [3.05, 3.63) is 42.6 Å². The van der Waals surface area contributed by atoms with Gasteiger partial charge in [-0.1, -0.05) is 0 Å². The molecule has 0 spiro atoms. The molecule has 1 atom stereocenters. The van der Waals surface area contributed by atoms with Gasteiger partial charge in [-0.15, -0.1) is 0 Å². The Bertz CT molecular complexity index is 800. The third-order valence-corrected chi connectivity index (χ3v) is 4.01. The zero-order chi connectivity index (χ0) is 15.6. The Morgan fingerprint density at radius 3 is 2.91 bits per heavy atom. The van der Waals surface area contributed by atoms with Gasteiger partial charge >= 0.3 is 6.01 Å². The fourth-order valence-electron chi connectivity index (χ4n) is 2.90. The minimum absolute atomic E-state index is 0.0661. The van der Waals surface area contributed by atoms with Gasteiger partial charge in [0.25, 0.3) is 0 Å². The van der Waals surface area contributed by atoms with Crippen LogP contribution in [-0.2, 0) is 0 Å². The minimum atomic E-state index is 0.0661. The van der Waals surface area contributed by atoms with Gasteiger partial charge in [0.1, 0.15) is 11.6 Å². The number of hydrogen-bond donors (Lipinski definition) is 0. The first-order valence-corrected chi connectivity index (χ1v) is 7.78. The van der Waals surface area contributed by atoms with Crippen LogP contribution >= 0.6 is 0 Å². The zero-order valence-electron chi connectivity index (χ0n) is 13.0. The first-order valence-electron chi connectivity index (χ1n) is 7.78. The number of rotatable bonds is 3. The fraction of sp³-hybridized carbons (Fsp3) is 0.375. The summed E-state index contributed by atoms with van der Waals surface area (Å²) in [5, 5.41) is 4.27. The lowest BCUT2D eigenvalue weighted by Crippen LogP contribution is -2.42. The number of anilines is 1. The zero-order valence-corrected chi connectivity index (χ0v) is 13.0. The molecule has 3 aromatic heterocycles. The van der Waals surface area contributed by atoms with Crippen LogP contribution in [0.5, 0.6) is 6.01 Å². The first-order chi connectivity index (χ1) is 11.3. The van der Waals surface area contributed by atoms with Crippen LogP contribution in [0.4, 0.5) is 5.82 Å². The molecule has 1 saturated heterocycles. The highest BCUT2D eigenvalue weighted by molar-refractivity contribution is 5.68. The second kappa shape index (κ2) is 5.83. The largest absolute Gasteiger partial charge is 0.458 e. The van der Waals surface area contributed by atoms with Crippen molar-refractivity contribution >= 4 is 11.3 Å². The van der Waals surface area contributed by atoms with Crippen molar-refractivity contribution in [3.8, 4) is 6.01 Å². The molecule has 0 radical (unpaired) electrons. The van der Waals surface area contributed by atoms with Crippen molar-refractivity contribution in [1.82, 2.24) is 24.6 Å². The molecule has 1 fully saturated rings. The topological polar surface area (TPSA) is 68.4 Å². The lowest BCUT2D eigenvalue weighted by atomic mass is 10.1. The molecule has 7 heteroatoms. The van der Waals surface area contributed by atoms with Crippen molar-refractivity contribution < 1.29 is 4.74 Å². The van der Waals surface area contributed by atoms with Crippen LogP contribution in [-0.4, -0.2) is 43.8 Å². The second-order valence-electron chi connectivity index (χ2n) is 5.78. The van der Waals surface area contributed by atoms with E-state index in [2.05, 4.69) is 25.0 Å². The monoisotopic (exact) mass is 310 g/mol. The van der Waals surface area contributed by atoms with E-state index in [1.807, 2.05) is 23.7 Å². The normalized spacial score (nSPS) is 18.3. The second-order valence-corrected chi connectivity index (χ2v) is 5.78. The number of fused-ring (bicyclic) bond motifs is 1. The summed E-state index contributed by atoms with van der Waals surface area (Å²) >= 11 is 0. The predicted molar refractivity (Wildman–Crippen MR) is 85.6 cm³/mol. The fourth-order valence-corrected chi connectivity index (χ4v) is 2.90. The summed E-state index contributed by atoms with van der Waals surface area (Å²) in [4.78, 5) is 15.2. The highest BCUT2D eigenvalue weighted by Crippen LogP contribution is 2.23. The van der Waals surface area contributed by atoms with E-state index in [1.165, 1.54) is 0 Å². The third-order valence-electron chi connectivity index (χ3n) is 4.01. The van der Waals surface area contributed by atoms with E-state index in [0.29, 0.717) is 6.01 Å². The Morgan fingerprint density at radius 1 is 1.17 bits per heavy atom. The Hall–Kier alpha value is -2.70. The van der Waals surface area contributed by atoms with E-state index in [1.54, 1.807) is 24.8 Å². The van der Waals surface area contributed by atoms with Gasteiger partial charge in [-0.25, -0.2) is 19.5 Å². The molecule has 0 aromatic carbocycles. The van der Waals surface area contributed by atoms with Crippen LogP contribution in [0.2, 0.25) is 0 Å². The molecule has 0 aliphatic carbocycles. The van der Waals surface area contributed by atoms with Gasteiger partial charge in [-0.3, -0.25) is 0 Å². The lowest BCUT2D eigenvalue weighted by molar-refractivity contribution is 0.164. The summed E-state index contributed by atoms with van der Waals surface area (Å²) in [5.74, 6) is 0.947. The molecular formula is C16H18N6O. The Labute approximate surface area is 134 Å². The summed E-state index contributed by atoms with van der Waals surface area (Å²) in [6, 6.07) is 2.42. The van der Waals surface area contributed by atoms with Crippen LogP contribution < -0.4 is 9.64 Å². The molecular weight excluding hydrogens is 292 g/mol. The van der Waals surface area contributed by atoms with Crippen LogP contribution in [0.25, 0.3) is 5.52 Å². The molecule has 1 aliphatic rings. The molecule has 3 aromatic rings. The van der Waals surface area contributed by atoms with Crippen LogP contribution in [0.15, 0.2) is 37.1 Å². The summed E-state index contributed by atoms with van der Waals surface area (Å²) in [6.45, 7) is 3.70. The first kappa shape index (κ1) is 13.9. The molecule has 1 unspecified atom stereocenters. The molecule has 0 saturated carbocycles. The van der Waals surface area contributed by atoms with E-state index >= 15 is 0 Å². The molecule has 0 amide bonds. The van der Waals surface area contributed by atoms with Gasteiger partial charge < -0.3 is 9.64 Å². The Morgan fingerprint density at radius 2 is 2.04 bits per heavy atom. The van der Waals surface area contributed by atoms with Crippen LogP contribution in [0.3, 0.4) is 0 Å². The molecule has 7 nitrogen and oxygen atoms in total. The van der Waals surface area contributed by atoms with Crippen molar-refractivity contribution in [2.24, 2.45) is 0 Å². The molecule has 23 heavy (non-hydrogen) atoms. The third kappa shape index (κ3) is 2.81. The molecule has 4 heterocycles. The molecule has 0 bridgehead atoms. The number of ether oxygens (including phenoxy) is 1. The van der Waals surface area contributed by atoms with Gasteiger partial charge in [0.15, 0.2) is 5.82 Å². The average molecular weight is 310 g/mol. The van der Waals surface area contributed by atoms with Crippen molar-refractivity contribution in [1.29, 1.82) is 0 Å². The van der Waals surface area contributed by atoms with Crippen molar-refractivity contribution in [3.63, 3.8) is 0 Å². The number of hydrogen-bond acceptors (Lipinski definition) is 6. The Kier molecular flexibility index (Phi) is 3.53. The molecule has 0 N–H and O–H groups in total. The number of aryl methyl sites for hydroxylation is 1. The highest BCUT2D eigenvalue weighted by atomic mass is 16.5. The van der Waals surface area contributed by atoms with Gasteiger partial charge in [0.05, 0.1) is 12.7 Å². The number of nitrogens with zero attached hydrogens (tertiary/aromatic N) is 6. The summed E-state index contributed by atoms with van der Waals surface area (Å²) < 4.78 is 7.78. The smallest absolute Gasteiger partial charge is 0.316 e. The molecule has 1 aliphatic heterocycles. The standard InChI is InChI=1S/C16H18N6O/c1-12-9-18-16(19-10-12)23-13-3-2-7-21(11-13)15-14-4-5-20-22(14)8-6-17-15/h4-6,8-10,13H,2-3,7,11H2,1H3. The lowest BCUT2D eigenvalue weighted by Gasteiger charge is -2.33. The quantitative estimate of drug-likeness (QED) is 0.736. The van der Waals surface area contributed by atoms with Gasteiger partial charge in [0.2, 0.25) is 0 Å². The average Bonchev–Trinajstić information content (AvgIpc) is 3.06. The van der Waals surface area contributed by atoms with E-state index in [0.717, 1.165) is 42.8 Å². The van der Waals surface area contributed by atoms with Gasteiger partial charge in [-0.05, 0) is 31.4 Å².